The molecule has 0 saturated heterocycles. The zero-order valence-corrected chi connectivity index (χ0v) is 16.3. The molecule has 0 radical (unpaired) electrons. The second kappa shape index (κ2) is 6.86. The molecule has 1 heterocycles. The third kappa shape index (κ3) is 3.19. The van der Waals surface area contributed by atoms with E-state index in [1.807, 2.05) is 25.1 Å². The minimum atomic E-state index is -1.02. The molecule has 4 rings (SSSR count). The molecule has 0 atom stereocenters. The lowest BCUT2D eigenvalue weighted by atomic mass is 9.97. The monoisotopic (exact) mass is 380 g/mol. The molecule has 1 aliphatic heterocycles. The van der Waals surface area contributed by atoms with Crippen LogP contribution in [0.25, 0.3) is 0 Å². The first-order valence-corrected chi connectivity index (χ1v) is 9.53. The van der Waals surface area contributed by atoms with Crippen molar-refractivity contribution in [2.45, 2.75) is 39.5 Å². The first-order valence-electron chi connectivity index (χ1n) is 9.53. The van der Waals surface area contributed by atoms with E-state index in [1.165, 1.54) is 0 Å². The predicted molar refractivity (Wildman–Crippen MR) is 107 cm³/mol. The van der Waals surface area contributed by atoms with E-state index in [9.17, 15) is 9.59 Å². The summed E-state index contributed by atoms with van der Waals surface area (Å²) in [4.78, 5) is 25.9. The molecule has 146 valence electrons. The van der Waals surface area contributed by atoms with Crippen molar-refractivity contribution in [3.05, 3.63) is 47.5 Å². The Morgan fingerprint density at radius 3 is 2.43 bits per heavy atom. The van der Waals surface area contributed by atoms with E-state index in [0.29, 0.717) is 30.0 Å². The first kappa shape index (κ1) is 18.3. The van der Waals surface area contributed by atoms with Crippen molar-refractivity contribution in [1.29, 1.82) is 0 Å². The Bertz CT molecular complexity index is 948. The van der Waals surface area contributed by atoms with Crippen LogP contribution in [0.5, 0.6) is 11.5 Å². The van der Waals surface area contributed by atoms with Crippen molar-refractivity contribution in [3.8, 4) is 11.5 Å². The molecule has 6 heteroatoms. The van der Waals surface area contributed by atoms with Gasteiger partial charge in [0.2, 0.25) is 18.6 Å². The van der Waals surface area contributed by atoms with E-state index in [-0.39, 0.29) is 24.5 Å². The van der Waals surface area contributed by atoms with Crippen LogP contribution in [0.4, 0.5) is 11.4 Å². The average Bonchev–Trinajstić information content (AvgIpc) is 3.35. The maximum atomic E-state index is 13.0. The van der Waals surface area contributed by atoms with Crippen LogP contribution >= 0.6 is 0 Å². The number of aryl methyl sites for hydroxylation is 1. The number of anilines is 2. The number of hydrogen-bond donors (Lipinski definition) is 2. The third-order valence-electron chi connectivity index (χ3n) is 5.42. The Labute approximate surface area is 164 Å². The van der Waals surface area contributed by atoms with Crippen molar-refractivity contribution in [2.75, 3.05) is 17.4 Å². The molecule has 6 nitrogen and oxygen atoms in total. The third-order valence-corrected chi connectivity index (χ3v) is 5.42. The van der Waals surface area contributed by atoms with Crippen molar-refractivity contribution in [1.82, 2.24) is 0 Å². The smallest absolute Gasteiger partial charge is 0.240 e. The van der Waals surface area contributed by atoms with Gasteiger partial charge in [-0.2, -0.15) is 0 Å². The van der Waals surface area contributed by atoms with E-state index in [2.05, 4.69) is 24.5 Å². The fraction of sp³-hybridized carbons (Fsp3) is 0.364. The number of carbonyl (C=O) groups is 2. The lowest BCUT2D eigenvalue weighted by Gasteiger charge is -2.20. The van der Waals surface area contributed by atoms with Crippen LogP contribution in [0.15, 0.2) is 36.4 Å². The van der Waals surface area contributed by atoms with Crippen LogP contribution in [-0.2, 0) is 9.59 Å². The number of rotatable bonds is 5. The summed E-state index contributed by atoms with van der Waals surface area (Å²) in [5.41, 5.74) is 2.44. The fourth-order valence-electron chi connectivity index (χ4n) is 3.48. The first-order chi connectivity index (χ1) is 13.4. The van der Waals surface area contributed by atoms with Gasteiger partial charge in [0.15, 0.2) is 11.5 Å². The standard InChI is InChI=1S/C22H24N2O4/c1-13(2)16-6-4-5-14(3)19(16)24-21(26)22(9-10-22)20(25)23-15-7-8-17-18(11-15)28-12-27-17/h4-8,11,13H,9-10,12H2,1-3H3,(H,23,25)(H,24,26). The molecule has 2 N–H and O–H groups in total. The van der Waals surface area contributed by atoms with Gasteiger partial charge in [0, 0.05) is 17.4 Å². The Hall–Kier alpha value is -3.02. The number of para-hydroxylation sites is 1. The number of benzene rings is 2. The summed E-state index contributed by atoms with van der Waals surface area (Å²) < 4.78 is 10.6. The molecule has 2 amide bonds. The molecule has 0 aromatic heterocycles. The molecular weight excluding hydrogens is 356 g/mol. The van der Waals surface area contributed by atoms with Crippen LogP contribution in [0.1, 0.15) is 43.7 Å². The number of hydrogen-bond acceptors (Lipinski definition) is 4. The van der Waals surface area contributed by atoms with Gasteiger partial charge < -0.3 is 20.1 Å². The average molecular weight is 380 g/mol. The molecule has 0 spiro atoms. The molecule has 1 saturated carbocycles. The zero-order valence-electron chi connectivity index (χ0n) is 16.3. The van der Waals surface area contributed by atoms with Crippen LogP contribution in [0.3, 0.4) is 0 Å². The highest BCUT2D eigenvalue weighted by Crippen LogP contribution is 2.48. The zero-order chi connectivity index (χ0) is 19.9. The maximum absolute atomic E-state index is 13.0. The molecule has 1 aliphatic carbocycles. The lowest BCUT2D eigenvalue weighted by Crippen LogP contribution is -2.36. The molecule has 2 aromatic rings. The Kier molecular flexibility index (Phi) is 4.49. The number of amides is 2. The summed E-state index contributed by atoms with van der Waals surface area (Å²) in [5, 5.41) is 5.88. The van der Waals surface area contributed by atoms with Gasteiger partial charge in [0.05, 0.1) is 0 Å². The fourth-order valence-corrected chi connectivity index (χ4v) is 3.48. The van der Waals surface area contributed by atoms with Gasteiger partial charge in [0.1, 0.15) is 5.41 Å². The molecule has 0 unspecified atom stereocenters. The predicted octanol–water partition coefficient (Wildman–Crippen LogP) is 4.20. The number of carbonyl (C=O) groups excluding carboxylic acids is 2. The second-order valence-electron chi connectivity index (χ2n) is 7.75. The Morgan fingerprint density at radius 2 is 1.71 bits per heavy atom. The highest BCUT2D eigenvalue weighted by atomic mass is 16.7. The number of ether oxygens (including phenoxy) is 2. The topological polar surface area (TPSA) is 76.7 Å². The SMILES string of the molecule is Cc1cccc(C(C)C)c1NC(=O)C1(C(=O)Nc2ccc3c(c2)OCO3)CC1. The van der Waals surface area contributed by atoms with Gasteiger partial charge in [0.25, 0.3) is 0 Å². The summed E-state index contributed by atoms with van der Waals surface area (Å²) in [6, 6.07) is 11.2. The minimum Gasteiger partial charge on any atom is -0.454 e. The van der Waals surface area contributed by atoms with E-state index < -0.39 is 5.41 Å². The molecule has 2 aromatic carbocycles. The molecule has 0 bridgehead atoms. The summed E-state index contributed by atoms with van der Waals surface area (Å²) >= 11 is 0. The normalized spacial score (nSPS) is 16.0. The summed E-state index contributed by atoms with van der Waals surface area (Å²) in [6.45, 7) is 6.31. The maximum Gasteiger partial charge on any atom is 0.240 e. The highest BCUT2D eigenvalue weighted by molar-refractivity contribution is 6.17. The van der Waals surface area contributed by atoms with Gasteiger partial charge in [-0.05, 0) is 48.9 Å². The Balaban J connectivity index is 1.51. The van der Waals surface area contributed by atoms with Gasteiger partial charge in [-0.25, -0.2) is 0 Å². The number of fused-ring (bicyclic) bond motifs is 1. The summed E-state index contributed by atoms with van der Waals surface area (Å²) in [7, 11) is 0. The van der Waals surface area contributed by atoms with E-state index in [4.69, 9.17) is 9.47 Å². The van der Waals surface area contributed by atoms with E-state index in [1.54, 1.807) is 18.2 Å². The number of nitrogens with one attached hydrogen (secondary N) is 2. The summed E-state index contributed by atoms with van der Waals surface area (Å²) in [5.74, 6) is 0.976. The quantitative estimate of drug-likeness (QED) is 0.762. The van der Waals surface area contributed by atoms with Gasteiger partial charge in [-0.3, -0.25) is 9.59 Å². The molecular formula is C22H24N2O4. The van der Waals surface area contributed by atoms with E-state index in [0.717, 1.165) is 16.8 Å². The molecule has 28 heavy (non-hydrogen) atoms. The van der Waals surface area contributed by atoms with Crippen LogP contribution in [0, 0.1) is 12.3 Å². The molecule has 2 aliphatic rings. The summed E-state index contributed by atoms with van der Waals surface area (Å²) in [6.07, 6.45) is 1.08. The van der Waals surface area contributed by atoms with Gasteiger partial charge in [-0.15, -0.1) is 0 Å². The highest BCUT2D eigenvalue weighted by Gasteiger charge is 2.56. The largest absolute Gasteiger partial charge is 0.454 e. The van der Waals surface area contributed by atoms with E-state index >= 15 is 0 Å². The van der Waals surface area contributed by atoms with Crippen LogP contribution in [0.2, 0.25) is 0 Å². The van der Waals surface area contributed by atoms with Crippen LogP contribution < -0.4 is 20.1 Å². The van der Waals surface area contributed by atoms with Crippen molar-refractivity contribution in [3.63, 3.8) is 0 Å². The van der Waals surface area contributed by atoms with Crippen molar-refractivity contribution < 1.29 is 19.1 Å². The van der Waals surface area contributed by atoms with Crippen molar-refractivity contribution >= 4 is 23.2 Å². The molecule has 1 fully saturated rings. The minimum absolute atomic E-state index is 0.174. The van der Waals surface area contributed by atoms with Crippen LogP contribution in [-0.4, -0.2) is 18.6 Å². The lowest BCUT2D eigenvalue weighted by molar-refractivity contribution is -0.131. The van der Waals surface area contributed by atoms with Crippen molar-refractivity contribution in [2.24, 2.45) is 5.41 Å². The van der Waals surface area contributed by atoms with Gasteiger partial charge in [-0.1, -0.05) is 32.0 Å². The Morgan fingerprint density at radius 1 is 1.00 bits per heavy atom. The van der Waals surface area contributed by atoms with Gasteiger partial charge >= 0.3 is 0 Å². The second-order valence-corrected chi connectivity index (χ2v) is 7.75.